The number of hydrogen-bond acceptors (Lipinski definition) is 4. The zero-order chi connectivity index (χ0) is 15.4. The predicted molar refractivity (Wildman–Crippen MR) is 82.0 cm³/mol. The van der Waals surface area contributed by atoms with Gasteiger partial charge in [-0.15, -0.1) is 0 Å². The zero-order valence-electron chi connectivity index (χ0n) is 11.8. The van der Waals surface area contributed by atoms with Crippen molar-refractivity contribution in [3.05, 3.63) is 48.6 Å². The van der Waals surface area contributed by atoms with E-state index in [2.05, 4.69) is 15.6 Å². The van der Waals surface area contributed by atoms with Gasteiger partial charge in [0.15, 0.2) is 0 Å². The maximum Gasteiger partial charge on any atom is 0.248 e. The summed E-state index contributed by atoms with van der Waals surface area (Å²) in [7, 11) is 0. The highest BCUT2D eigenvalue weighted by molar-refractivity contribution is 6.01. The Balaban J connectivity index is 1.53. The van der Waals surface area contributed by atoms with Crippen LogP contribution in [0.2, 0.25) is 0 Å². The zero-order valence-corrected chi connectivity index (χ0v) is 11.8. The third-order valence-corrected chi connectivity index (χ3v) is 3.17. The molecule has 6 heteroatoms. The van der Waals surface area contributed by atoms with Gasteiger partial charge in [0.05, 0.1) is 18.1 Å². The number of pyridine rings is 1. The van der Waals surface area contributed by atoms with Gasteiger partial charge in [-0.2, -0.15) is 0 Å². The number of aromatic nitrogens is 1. The average molecular weight is 297 g/mol. The first-order chi connectivity index (χ1) is 10.7. The fraction of sp³-hybridized carbons (Fsp3) is 0.188. The van der Waals surface area contributed by atoms with Gasteiger partial charge in [0.2, 0.25) is 11.8 Å². The van der Waals surface area contributed by atoms with Gasteiger partial charge >= 0.3 is 0 Å². The fourth-order valence-electron chi connectivity index (χ4n) is 1.84. The number of carbonyl (C=O) groups excluding carboxylic acids is 2. The van der Waals surface area contributed by atoms with Crippen LogP contribution in [0.4, 0.5) is 11.5 Å². The van der Waals surface area contributed by atoms with E-state index in [9.17, 15) is 9.59 Å². The van der Waals surface area contributed by atoms with Crippen molar-refractivity contribution < 1.29 is 14.0 Å². The van der Waals surface area contributed by atoms with Crippen molar-refractivity contribution in [2.75, 3.05) is 10.6 Å². The van der Waals surface area contributed by atoms with E-state index in [1.54, 1.807) is 30.3 Å². The molecular formula is C16H15N3O3. The van der Waals surface area contributed by atoms with Gasteiger partial charge in [-0.25, -0.2) is 4.98 Å². The Morgan fingerprint density at radius 1 is 1.23 bits per heavy atom. The molecule has 22 heavy (non-hydrogen) atoms. The lowest BCUT2D eigenvalue weighted by Gasteiger charge is -2.05. The average Bonchev–Trinajstić information content (AvgIpc) is 3.24. The van der Waals surface area contributed by atoms with Gasteiger partial charge in [-0.1, -0.05) is 0 Å². The highest BCUT2D eigenvalue weighted by Crippen LogP contribution is 2.29. The molecule has 0 aliphatic heterocycles. The molecule has 2 N–H and O–H groups in total. The molecular weight excluding hydrogens is 282 g/mol. The third kappa shape index (κ3) is 3.82. The molecule has 1 fully saturated rings. The van der Waals surface area contributed by atoms with Crippen molar-refractivity contribution in [1.29, 1.82) is 0 Å². The number of nitrogens with one attached hydrogen (secondary N) is 2. The molecule has 0 saturated heterocycles. The van der Waals surface area contributed by atoms with Crippen LogP contribution in [0, 0.1) is 5.92 Å². The van der Waals surface area contributed by atoms with Crippen LogP contribution >= 0.6 is 0 Å². The second kappa shape index (κ2) is 6.26. The van der Waals surface area contributed by atoms with E-state index in [-0.39, 0.29) is 17.7 Å². The number of hydrogen-bond donors (Lipinski definition) is 2. The maximum atomic E-state index is 11.7. The molecule has 1 saturated carbocycles. The summed E-state index contributed by atoms with van der Waals surface area (Å²) in [4.78, 5) is 27.4. The van der Waals surface area contributed by atoms with Crippen LogP contribution in [0.3, 0.4) is 0 Å². The van der Waals surface area contributed by atoms with Crippen LogP contribution in [0.15, 0.2) is 47.2 Å². The number of anilines is 2. The smallest absolute Gasteiger partial charge is 0.248 e. The minimum atomic E-state index is -0.284. The topological polar surface area (TPSA) is 84.2 Å². The Bertz CT molecular complexity index is 686. The van der Waals surface area contributed by atoms with E-state index in [1.165, 1.54) is 18.5 Å². The molecule has 1 aliphatic carbocycles. The molecule has 2 heterocycles. The van der Waals surface area contributed by atoms with E-state index in [0.29, 0.717) is 17.3 Å². The van der Waals surface area contributed by atoms with Crippen molar-refractivity contribution in [2.45, 2.75) is 12.8 Å². The lowest BCUT2D eigenvalue weighted by atomic mass is 10.3. The Morgan fingerprint density at radius 3 is 2.73 bits per heavy atom. The van der Waals surface area contributed by atoms with Gasteiger partial charge in [0.25, 0.3) is 0 Å². The minimum Gasteiger partial charge on any atom is -0.465 e. The second-order valence-corrected chi connectivity index (χ2v) is 5.03. The van der Waals surface area contributed by atoms with Crippen molar-refractivity contribution >= 4 is 29.4 Å². The second-order valence-electron chi connectivity index (χ2n) is 5.03. The summed E-state index contributed by atoms with van der Waals surface area (Å²) < 4.78 is 5.09. The molecule has 2 aromatic heterocycles. The van der Waals surface area contributed by atoms with Crippen molar-refractivity contribution in [2.24, 2.45) is 5.92 Å². The first-order valence-electron chi connectivity index (χ1n) is 7.00. The molecule has 0 aromatic carbocycles. The van der Waals surface area contributed by atoms with E-state index in [4.69, 9.17) is 4.42 Å². The molecule has 1 aliphatic rings. The maximum absolute atomic E-state index is 11.7. The minimum absolute atomic E-state index is 0.00525. The molecule has 6 nitrogen and oxygen atoms in total. The molecule has 0 spiro atoms. The van der Waals surface area contributed by atoms with Crippen LogP contribution in [-0.2, 0) is 9.59 Å². The summed E-state index contributed by atoms with van der Waals surface area (Å²) in [5.74, 6) is 0.944. The number of nitrogens with zero attached hydrogens (tertiary/aromatic N) is 1. The third-order valence-electron chi connectivity index (χ3n) is 3.17. The largest absolute Gasteiger partial charge is 0.465 e. The molecule has 0 radical (unpaired) electrons. The quantitative estimate of drug-likeness (QED) is 0.831. The van der Waals surface area contributed by atoms with Gasteiger partial charge in [-0.05, 0) is 43.2 Å². The fourth-order valence-corrected chi connectivity index (χ4v) is 1.84. The summed E-state index contributed by atoms with van der Waals surface area (Å²) in [5.41, 5.74) is 0.554. The number of furan rings is 1. The van der Waals surface area contributed by atoms with Crippen molar-refractivity contribution in [3.63, 3.8) is 0 Å². The monoisotopic (exact) mass is 297 g/mol. The molecule has 112 valence electrons. The normalized spacial score (nSPS) is 14.0. The van der Waals surface area contributed by atoms with Gasteiger partial charge in [-0.3, -0.25) is 9.59 Å². The van der Waals surface area contributed by atoms with Crippen LogP contribution in [0.5, 0.6) is 0 Å². The van der Waals surface area contributed by atoms with E-state index >= 15 is 0 Å². The van der Waals surface area contributed by atoms with Crippen LogP contribution < -0.4 is 10.6 Å². The van der Waals surface area contributed by atoms with Gasteiger partial charge in [0.1, 0.15) is 11.6 Å². The van der Waals surface area contributed by atoms with E-state index < -0.39 is 0 Å². The van der Waals surface area contributed by atoms with Crippen LogP contribution in [0.1, 0.15) is 18.6 Å². The molecule has 2 aromatic rings. The first-order valence-corrected chi connectivity index (χ1v) is 7.00. The molecule has 0 unspecified atom stereocenters. The Labute approximate surface area is 127 Å². The van der Waals surface area contributed by atoms with Gasteiger partial charge in [0, 0.05) is 12.0 Å². The number of carbonyl (C=O) groups is 2. The molecule has 3 rings (SSSR count). The number of rotatable bonds is 5. The summed E-state index contributed by atoms with van der Waals surface area (Å²) in [5, 5.41) is 5.42. The van der Waals surface area contributed by atoms with E-state index in [0.717, 1.165) is 12.8 Å². The molecule has 0 bridgehead atoms. The lowest BCUT2D eigenvalue weighted by Crippen LogP contribution is -2.14. The molecule has 2 amide bonds. The lowest BCUT2D eigenvalue weighted by molar-refractivity contribution is -0.117. The Morgan fingerprint density at radius 2 is 2.09 bits per heavy atom. The SMILES string of the molecule is O=C(C=Cc1ccco1)Nc1ccc(NC(=O)C2CC2)nc1. The van der Waals surface area contributed by atoms with Crippen molar-refractivity contribution in [1.82, 2.24) is 4.98 Å². The van der Waals surface area contributed by atoms with Crippen LogP contribution in [-0.4, -0.2) is 16.8 Å². The van der Waals surface area contributed by atoms with Crippen LogP contribution in [0.25, 0.3) is 6.08 Å². The first kappa shape index (κ1) is 14.1. The number of amides is 2. The standard InChI is InChI=1S/C16H15N3O3/c20-15(8-6-13-2-1-9-22-13)18-12-5-7-14(17-10-12)19-16(21)11-3-4-11/h1-2,5-11H,3-4H2,(H,18,20)(H,17,19,21). The highest BCUT2D eigenvalue weighted by Gasteiger charge is 2.29. The summed E-state index contributed by atoms with van der Waals surface area (Å²) in [6.07, 6.45) is 7.88. The summed E-state index contributed by atoms with van der Waals surface area (Å²) >= 11 is 0. The predicted octanol–water partition coefficient (Wildman–Crippen LogP) is 2.68. The summed E-state index contributed by atoms with van der Waals surface area (Å²) in [6.45, 7) is 0. The summed E-state index contributed by atoms with van der Waals surface area (Å²) in [6, 6.07) is 6.85. The van der Waals surface area contributed by atoms with E-state index in [1.807, 2.05) is 0 Å². The van der Waals surface area contributed by atoms with Crippen molar-refractivity contribution in [3.8, 4) is 0 Å². The van der Waals surface area contributed by atoms with Gasteiger partial charge < -0.3 is 15.1 Å². The highest BCUT2D eigenvalue weighted by atomic mass is 16.3. The Kier molecular flexibility index (Phi) is 4.00. The Hall–Kier alpha value is -2.89. The molecule has 0 atom stereocenters.